The van der Waals surface area contributed by atoms with E-state index in [1.165, 1.54) is 54.8 Å². The lowest BCUT2D eigenvalue weighted by Gasteiger charge is -2.37. The minimum absolute atomic E-state index is 0.113. The lowest BCUT2D eigenvalue weighted by molar-refractivity contribution is 0.363. The molecule has 0 amide bonds. The van der Waals surface area contributed by atoms with Gasteiger partial charge in [-0.2, -0.15) is 0 Å². The van der Waals surface area contributed by atoms with E-state index in [-0.39, 0.29) is 12.3 Å². The molecule has 6 aromatic rings. The number of allylic oxidation sites excluding steroid dienone is 2. The second kappa shape index (κ2) is 8.87. The third-order valence-electron chi connectivity index (χ3n) is 8.07. The van der Waals surface area contributed by atoms with Crippen molar-refractivity contribution in [2.75, 3.05) is 0 Å². The van der Waals surface area contributed by atoms with Crippen molar-refractivity contribution >= 4 is 38.3 Å². The predicted octanol–water partition coefficient (Wildman–Crippen LogP) is 8.17. The highest BCUT2D eigenvalue weighted by Crippen LogP contribution is 2.38. The average Bonchev–Trinajstić information content (AvgIpc) is 3.36. The number of hydrogen-bond acceptors (Lipinski definition) is 2. The molecular weight excluding hydrogens is 474 g/mol. The molecule has 0 fully saturated rings. The monoisotopic (exact) mass is 501 g/mol. The van der Waals surface area contributed by atoms with E-state index < -0.39 is 0 Å². The molecule has 2 N–H and O–H groups in total. The summed E-state index contributed by atoms with van der Waals surface area (Å²) in [6.45, 7) is 0. The summed E-state index contributed by atoms with van der Waals surface area (Å²) in [5.74, 6) is 0. The number of benzene rings is 5. The molecule has 0 saturated carbocycles. The Bertz CT molecular complexity index is 1960. The molecule has 3 nitrogen and oxygen atoms in total. The van der Waals surface area contributed by atoms with Crippen LogP contribution in [0.4, 0.5) is 0 Å². The lowest BCUT2D eigenvalue weighted by Crippen LogP contribution is -2.48. The van der Waals surface area contributed by atoms with Crippen LogP contribution < -0.4 is 10.6 Å². The topological polar surface area (TPSA) is 29.0 Å². The van der Waals surface area contributed by atoms with Gasteiger partial charge in [0.05, 0.1) is 17.1 Å². The fourth-order valence-electron chi connectivity index (χ4n) is 6.25. The number of aromatic nitrogens is 1. The first kappa shape index (κ1) is 22.2. The molecule has 1 aliphatic carbocycles. The lowest BCUT2D eigenvalue weighted by atomic mass is 9.93. The van der Waals surface area contributed by atoms with E-state index in [1.54, 1.807) is 0 Å². The number of fused-ring (bicyclic) bond motifs is 6. The highest BCUT2D eigenvalue weighted by atomic mass is 15.3. The maximum absolute atomic E-state index is 3.91. The Morgan fingerprint density at radius 2 is 1.28 bits per heavy atom. The van der Waals surface area contributed by atoms with E-state index in [9.17, 15) is 0 Å². The zero-order valence-corrected chi connectivity index (χ0v) is 21.4. The summed E-state index contributed by atoms with van der Waals surface area (Å²) in [5, 5.41) is 12.9. The number of hydrogen-bond donors (Lipinski definition) is 2. The molecule has 2 unspecified atom stereocenters. The van der Waals surface area contributed by atoms with Gasteiger partial charge in [-0.15, -0.1) is 0 Å². The van der Waals surface area contributed by atoms with Crippen LogP contribution in [0.25, 0.3) is 49.4 Å². The van der Waals surface area contributed by atoms with Gasteiger partial charge >= 0.3 is 0 Å². The molecule has 1 aromatic heterocycles. The second-order valence-corrected chi connectivity index (χ2v) is 10.3. The molecule has 2 atom stereocenters. The first-order valence-electron chi connectivity index (χ1n) is 13.5. The van der Waals surface area contributed by atoms with E-state index in [4.69, 9.17) is 0 Å². The van der Waals surface area contributed by atoms with Crippen LogP contribution in [0.1, 0.15) is 11.9 Å². The normalized spacial score (nSPS) is 18.6. The number of para-hydroxylation sites is 1. The largest absolute Gasteiger partial charge is 0.352 e. The van der Waals surface area contributed by atoms with Crippen molar-refractivity contribution in [3.63, 3.8) is 0 Å². The summed E-state index contributed by atoms with van der Waals surface area (Å²) in [7, 11) is 0. The van der Waals surface area contributed by atoms with E-state index in [0.29, 0.717) is 0 Å². The molecule has 0 spiro atoms. The first-order valence-corrected chi connectivity index (χ1v) is 13.5. The molecule has 0 bridgehead atoms. The second-order valence-electron chi connectivity index (χ2n) is 10.3. The Morgan fingerprint density at radius 1 is 0.564 bits per heavy atom. The van der Waals surface area contributed by atoms with Gasteiger partial charge < -0.3 is 9.88 Å². The maximum atomic E-state index is 3.91. The van der Waals surface area contributed by atoms with Gasteiger partial charge in [0, 0.05) is 16.5 Å². The van der Waals surface area contributed by atoms with Crippen LogP contribution in [0.3, 0.4) is 0 Å². The zero-order valence-electron chi connectivity index (χ0n) is 21.4. The van der Waals surface area contributed by atoms with Gasteiger partial charge in [-0.3, -0.25) is 5.32 Å². The van der Waals surface area contributed by atoms with Gasteiger partial charge in [-0.1, -0.05) is 127 Å². The van der Waals surface area contributed by atoms with Crippen LogP contribution in [0.15, 0.2) is 145 Å². The van der Waals surface area contributed by atoms with E-state index in [2.05, 4.69) is 155 Å². The van der Waals surface area contributed by atoms with Crippen LogP contribution in [0.2, 0.25) is 0 Å². The van der Waals surface area contributed by atoms with Gasteiger partial charge in [0.2, 0.25) is 0 Å². The Labute approximate surface area is 227 Å². The zero-order chi connectivity index (χ0) is 25.8. The Balaban J connectivity index is 1.29. The molecule has 1 aliphatic heterocycles. The summed E-state index contributed by atoms with van der Waals surface area (Å²) in [6, 6.07) is 41.5. The predicted molar refractivity (Wildman–Crippen MR) is 163 cm³/mol. The van der Waals surface area contributed by atoms with Crippen LogP contribution in [0, 0.1) is 0 Å². The fourth-order valence-corrected chi connectivity index (χ4v) is 6.25. The molecule has 8 rings (SSSR count). The molecule has 39 heavy (non-hydrogen) atoms. The van der Waals surface area contributed by atoms with Crippen molar-refractivity contribution in [2.45, 2.75) is 12.3 Å². The van der Waals surface area contributed by atoms with Gasteiger partial charge in [-0.05, 0) is 45.2 Å². The SMILES string of the molecule is C1=CC2=C(c3ccc(-c4ccccc4)cc3)NC(n3c4ccccc4c4c5ccccc5ccc43)NC2C=C1. The Hall–Kier alpha value is -4.86. The fraction of sp³-hybridized carbons (Fsp3) is 0.0556. The highest BCUT2D eigenvalue weighted by molar-refractivity contribution is 6.20. The number of rotatable bonds is 3. The summed E-state index contributed by atoms with van der Waals surface area (Å²) >= 11 is 0. The summed E-state index contributed by atoms with van der Waals surface area (Å²) in [4.78, 5) is 0. The average molecular weight is 502 g/mol. The third-order valence-corrected chi connectivity index (χ3v) is 8.07. The maximum Gasteiger partial charge on any atom is 0.160 e. The van der Waals surface area contributed by atoms with Gasteiger partial charge in [0.25, 0.3) is 0 Å². The standard InChI is InChI=1S/C36H27N3/c1-2-10-24(11-3-1)25-18-20-27(21-19-25)35-29-14-6-8-16-31(29)37-36(38-35)39-32-17-9-7-15-30(32)34-28-13-5-4-12-26(28)22-23-33(34)39/h1-23,31,36-38H. The van der Waals surface area contributed by atoms with Crippen molar-refractivity contribution in [1.29, 1.82) is 0 Å². The number of nitrogens with one attached hydrogen (secondary N) is 2. The van der Waals surface area contributed by atoms with Crippen molar-refractivity contribution in [3.05, 3.63) is 151 Å². The van der Waals surface area contributed by atoms with Crippen molar-refractivity contribution in [3.8, 4) is 11.1 Å². The third kappa shape index (κ3) is 3.55. The molecule has 2 aliphatic rings. The quantitative estimate of drug-likeness (QED) is 0.256. The molecular formula is C36H27N3. The van der Waals surface area contributed by atoms with Gasteiger partial charge in [0.15, 0.2) is 6.29 Å². The van der Waals surface area contributed by atoms with E-state index >= 15 is 0 Å². The van der Waals surface area contributed by atoms with Crippen molar-refractivity contribution in [2.24, 2.45) is 0 Å². The smallest absolute Gasteiger partial charge is 0.160 e. The summed E-state index contributed by atoms with van der Waals surface area (Å²) in [5.41, 5.74) is 8.49. The van der Waals surface area contributed by atoms with Crippen LogP contribution in [0.5, 0.6) is 0 Å². The molecule has 0 radical (unpaired) electrons. The minimum Gasteiger partial charge on any atom is -0.352 e. The van der Waals surface area contributed by atoms with Crippen LogP contribution >= 0.6 is 0 Å². The molecule has 2 heterocycles. The molecule has 186 valence electrons. The molecule has 3 heteroatoms. The van der Waals surface area contributed by atoms with Gasteiger partial charge in [-0.25, -0.2) is 0 Å². The Morgan fingerprint density at radius 3 is 2.15 bits per heavy atom. The van der Waals surface area contributed by atoms with Gasteiger partial charge in [0.1, 0.15) is 0 Å². The van der Waals surface area contributed by atoms with E-state index in [1.807, 2.05) is 0 Å². The molecule has 5 aromatic carbocycles. The number of nitrogens with zero attached hydrogens (tertiary/aromatic N) is 1. The van der Waals surface area contributed by atoms with E-state index in [0.717, 1.165) is 5.70 Å². The Kier molecular flexibility index (Phi) is 5.04. The molecule has 0 saturated heterocycles. The minimum atomic E-state index is -0.123. The summed E-state index contributed by atoms with van der Waals surface area (Å²) < 4.78 is 2.43. The highest BCUT2D eigenvalue weighted by Gasteiger charge is 2.30. The van der Waals surface area contributed by atoms with Crippen LogP contribution in [-0.4, -0.2) is 10.6 Å². The van der Waals surface area contributed by atoms with Crippen LogP contribution in [-0.2, 0) is 0 Å². The first-order chi connectivity index (χ1) is 19.3. The summed E-state index contributed by atoms with van der Waals surface area (Å²) in [6.07, 6.45) is 8.62. The van der Waals surface area contributed by atoms with Crippen molar-refractivity contribution in [1.82, 2.24) is 15.2 Å². The van der Waals surface area contributed by atoms with Crippen molar-refractivity contribution < 1.29 is 0 Å².